The molecule has 0 heterocycles. The second kappa shape index (κ2) is 11.6. The van der Waals surface area contributed by atoms with Crippen LogP contribution in [-0.2, 0) is 9.59 Å². The lowest BCUT2D eigenvalue weighted by Gasteiger charge is -2.11. The van der Waals surface area contributed by atoms with E-state index in [2.05, 4.69) is 22.9 Å². The third-order valence-corrected chi connectivity index (χ3v) is 3.63. The Morgan fingerprint density at radius 1 is 0.917 bits per heavy atom. The van der Waals surface area contributed by atoms with E-state index < -0.39 is 0 Å². The van der Waals surface area contributed by atoms with Crippen LogP contribution in [0.5, 0.6) is 0 Å². The van der Waals surface area contributed by atoms with Gasteiger partial charge in [-0.3, -0.25) is 9.59 Å². The molecule has 0 radical (unpaired) electrons. The molecule has 0 saturated heterocycles. The van der Waals surface area contributed by atoms with Crippen LogP contribution >= 0.6 is 12.2 Å². The van der Waals surface area contributed by atoms with Crippen molar-refractivity contribution < 1.29 is 9.59 Å². The van der Waals surface area contributed by atoms with Crippen molar-refractivity contribution in [2.45, 2.75) is 58.8 Å². The fraction of sp³-hybridized carbons (Fsp3) is 0.500. The van der Waals surface area contributed by atoms with E-state index >= 15 is 0 Å². The number of nitrogens with one attached hydrogen (secondary N) is 3. The molecule has 0 bridgehead atoms. The average molecular weight is 350 g/mol. The van der Waals surface area contributed by atoms with Crippen molar-refractivity contribution in [2.75, 3.05) is 10.6 Å². The van der Waals surface area contributed by atoms with Gasteiger partial charge in [-0.2, -0.15) is 0 Å². The zero-order valence-corrected chi connectivity index (χ0v) is 15.3. The topological polar surface area (TPSA) is 70.2 Å². The van der Waals surface area contributed by atoms with Crippen LogP contribution in [0.15, 0.2) is 24.3 Å². The lowest BCUT2D eigenvalue weighted by atomic mass is 10.2. The van der Waals surface area contributed by atoms with Crippen LogP contribution in [0.2, 0.25) is 0 Å². The van der Waals surface area contributed by atoms with Gasteiger partial charge in [-0.05, 0) is 43.3 Å². The molecular weight excluding hydrogens is 322 g/mol. The van der Waals surface area contributed by atoms with Crippen molar-refractivity contribution in [3.8, 4) is 0 Å². The molecule has 0 unspecified atom stereocenters. The molecule has 5 nitrogen and oxygen atoms in total. The number of thiocarbonyl (C=S) groups is 1. The maximum absolute atomic E-state index is 11.9. The Bertz CT molecular complexity index is 561. The summed E-state index contributed by atoms with van der Waals surface area (Å²) in [6.07, 6.45) is 5.84. The molecule has 0 aromatic heterocycles. The smallest absolute Gasteiger partial charge is 0.226 e. The SMILES string of the molecule is CCCCCC(=O)Nc1cccc(NC(=S)NC(=O)CCCC)c1. The molecule has 0 saturated carbocycles. The van der Waals surface area contributed by atoms with Crippen molar-refractivity contribution in [1.82, 2.24) is 5.32 Å². The second-order valence-corrected chi connectivity index (χ2v) is 6.10. The average Bonchev–Trinajstić information content (AvgIpc) is 2.53. The first kappa shape index (κ1) is 20.1. The number of carbonyl (C=O) groups is 2. The third-order valence-electron chi connectivity index (χ3n) is 3.42. The maximum atomic E-state index is 11.9. The minimum absolute atomic E-state index is 0.0102. The molecular formula is C18H27N3O2S. The van der Waals surface area contributed by atoms with Gasteiger partial charge in [0.15, 0.2) is 5.11 Å². The van der Waals surface area contributed by atoms with Gasteiger partial charge in [-0.25, -0.2) is 0 Å². The van der Waals surface area contributed by atoms with Gasteiger partial charge in [0.1, 0.15) is 0 Å². The molecule has 0 aliphatic heterocycles. The Labute approximate surface area is 149 Å². The molecule has 2 amide bonds. The Morgan fingerprint density at radius 2 is 1.54 bits per heavy atom. The van der Waals surface area contributed by atoms with Crippen LogP contribution in [0, 0.1) is 0 Å². The Hall–Kier alpha value is -1.95. The molecule has 1 aromatic rings. The standard InChI is InChI=1S/C18H27N3O2S/c1-3-5-7-12-16(22)19-14-9-8-10-15(13-14)20-18(24)21-17(23)11-6-4-2/h8-10,13H,3-7,11-12H2,1-2H3,(H,19,22)(H2,20,21,23,24). The first-order chi connectivity index (χ1) is 11.5. The van der Waals surface area contributed by atoms with Gasteiger partial charge in [-0.15, -0.1) is 0 Å². The van der Waals surface area contributed by atoms with E-state index in [9.17, 15) is 9.59 Å². The van der Waals surface area contributed by atoms with Crippen LogP contribution in [0.25, 0.3) is 0 Å². The molecule has 6 heteroatoms. The lowest BCUT2D eigenvalue weighted by Crippen LogP contribution is -2.33. The first-order valence-electron chi connectivity index (χ1n) is 8.56. The quantitative estimate of drug-likeness (QED) is 0.461. The van der Waals surface area contributed by atoms with E-state index in [1.807, 2.05) is 25.1 Å². The molecule has 0 aliphatic carbocycles. The monoisotopic (exact) mass is 349 g/mol. The molecule has 0 fully saturated rings. The van der Waals surface area contributed by atoms with Gasteiger partial charge < -0.3 is 16.0 Å². The highest BCUT2D eigenvalue weighted by molar-refractivity contribution is 7.80. The second-order valence-electron chi connectivity index (χ2n) is 5.69. The van der Waals surface area contributed by atoms with E-state index in [4.69, 9.17) is 12.2 Å². The lowest BCUT2D eigenvalue weighted by molar-refractivity contribution is -0.119. The number of hydrogen-bond acceptors (Lipinski definition) is 3. The van der Waals surface area contributed by atoms with Crippen LogP contribution in [0.1, 0.15) is 58.8 Å². The minimum atomic E-state index is -0.0882. The summed E-state index contributed by atoms with van der Waals surface area (Å²) >= 11 is 5.13. The number of benzene rings is 1. The van der Waals surface area contributed by atoms with Gasteiger partial charge in [0.25, 0.3) is 0 Å². The summed E-state index contributed by atoms with van der Waals surface area (Å²) in [4.78, 5) is 23.5. The van der Waals surface area contributed by atoms with Crippen LogP contribution in [0.4, 0.5) is 11.4 Å². The number of rotatable bonds is 9. The summed E-state index contributed by atoms with van der Waals surface area (Å²) in [5.74, 6) is -0.0780. The van der Waals surface area contributed by atoms with Gasteiger partial charge in [0.05, 0.1) is 0 Å². The molecule has 3 N–H and O–H groups in total. The number of hydrogen-bond donors (Lipinski definition) is 3. The van der Waals surface area contributed by atoms with E-state index in [1.54, 1.807) is 6.07 Å². The normalized spacial score (nSPS) is 10.1. The summed E-state index contributed by atoms with van der Waals surface area (Å²) in [6.45, 7) is 4.14. The highest BCUT2D eigenvalue weighted by Crippen LogP contribution is 2.15. The molecule has 0 spiro atoms. The summed E-state index contributed by atoms with van der Waals surface area (Å²) in [5.41, 5.74) is 1.43. The fourth-order valence-corrected chi connectivity index (χ4v) is 2.35. The van der Waals surface area contributed by atoms with E-state index in [1.165, 1.54) is 0 Å². The third kappa shape index (κ3) is 8.62. The summed E-state index contributed by atoms with van der Waals surface area (Å²) in [7, 11) is 0. The maximum Gasteiger partial charge on any atom is 0.226 e. The Kier molecular flexibility index (Phi) is 9.68. The van der Waals surface area contributed by atoms with E-state index in [-0.39, 0.29) is 16.9 Å². The van der Waals surface area contributed by atoms with E-state index in [0.717, 1.165) is 37.8 Å². The number of carbonyl (C=O) groups excluding carboxylic acids is 2. The zero-order valence-electron chi connectivity index (χ0n) is 14.5. The van der Waals surface area contributed by atoms with Crippen molar-refractivity contribution >= 4 is 40.5 Å². The zero-order chi connectivity index (χ0) is 17.8. The predicted molar refractivity (Wildman–Crippen MR) is 103 cm³/mol. The molecule has 0 atom stereocenters. The van der Waals surface area contributed by atoms with Crippen LogP contribution < -0.4 is 16.0 Å². The van der Waals surface area contributed by atoms with Crippen molar-refractivity contribution in [2.24, 2.45) is 0 Å². The number of amides is 2. The van der Waals surface area contributed by atoms with Crippen molar-refractivity contribution in [3.05, 3.63) is 24.3 Å². The predicted octanol–water partition coefficient (Wildman–Crippen LogP) is 4.21. The van der Waals surface area contributed by atoms with Gasteiger partial charge in [-0.1, -0.05) is 39.2 Å². The van der Waals surface area contributed by atoms with Gasteiger partial charge >= 0.3 is 0 Å². The van der Waals surface area contributed by atoms with E-state index in [0.29, 0.717) is 18.5 Å². The Morgan fingerprint density at radius 3 is 2.21 bits per heavy atom. The molecule has 1 rings (SSSR count). The molecule has 1 aromatic carbocycles. The van der Waals surface area contributed by atoms with Crippen molar-refractivity contribution in [3.63, 3.8) is 0 Å². The first-order valence-corrected chi connectivity index (χ1v) is 8.96. The summed E-state index contributed by atoms with van der Waals surface area (Å²) in [6, 6.07) is 7.27. The molecule has 0 aliphatic rings. The number of anilines is 2. The van der Waals surface area contributed by atoms with Gasteiger partial charge in [0, 0.05) is 24.2 Å². The largest absolute Gasteiger partial charge is 0.332 e. The van der Waals surface area contributed by atoms with Gasteiger partial charge in [0.2, 0.25) is 11.8 Å². The fourth-order valence-electron chi connectivity index (χ4n) is 2.12. The molecule has 24 heavy (non-hydrogen) atoms. The molecule has 132 valence electrons. The highest BCUT2D eigenvalue weighted by atomic mass is 32.1. The summed E-state index contributed by atoms with van der Waals surface area (Å²) in [5, 5.41) is 8.76. The minimum Gasteiger partial charge on any atom is -0.332 e. The summed E-state index contributed by atoms with van der Waals surface area (Å²) < 4.78 is 0. The highest BCUT2D eigenvalue weighted by Gasteiger charge is 2.06. The Balaban J connectivity index is 2.48. The van der Waals surface area contributed by atoms with Crippen LogP contribution in [-0.4, -0.2) is 16.9 Å². The van der Waals surface area contributed by atoms with Crippen molar-refractivity contribution in [1.29, 1.82) is 0 Å². The van der Waals surface area contributed by atoms with Crippen LogP contribution in [0.3, 0.4) is 0 Å². The number of unbranched alkanes of at least 4 members (excludes halogenated alkanes) is 3.